The van der Waals surface area contributed by atoms with Crippen LogP contribution in [0.25, 0.3) is 0 Å². The van der Waals surface area contributed by atoms with Gasteiger partial charge >= 0.3 is 0 Å². The molecule has 0 aromatic heterocycles. The summed E-state index contributed by atoms with van der Waals surface area (Å²) in [6, 6.07) is 0. The van der Waals surface area contributed by atoms with E-state index in [1.807, 2.05) is 0 Å². The summed E-state index contributed by atoms with van der Waals surface area (Å²) in [5.74, 6) is 8.55. The molecular weight excluding hydrogens is 158 g/mol. The van der Waals surface area contributed by atoms with E-state index in [2.05, 4.69) is 12.4 Å². The van der Waals surface area contributed by atoms with Gasteiger partial charge in [0.05, 0.1) is 0 Å². The Kier molecular flexibility index (Phi) is 0.581. The normalized spacial score (nSPS) is 87.5. The van der Waals surface area contributed by atoms with E-state index in [-0.39, 0.29) is 12.4 Å². The third kappa shape index (κ3) is 0.213. The lowest BCUT2D eigenvalue weighted by Crippen LogP contribution is -3.11. The molecule has 6 fully saturated rings. The quantitative estimate of drug-likeness (QED) is 0.611. The van der Waals surface area contributed by atoms with Gasteiger partial charge in [-0.25, -0.2) is 0 Å². The van der Waals surface area contributed by atoms with E-state index in [0.29, 0.717) is 0 Å². The van der Waals surface area contributed by atoms with Crippen molar-refractivity contribution in [3.8, 4) is 0 Å². The molecule has 0 spiro atoms. The zero-order valence-electron chi connectivity index (χ0n) is 6.45. The van der Waals surface area contributed by atoms with Crippen LogP contribution in [0.4, 0.5) is 0 Å². The Morgan fingerprint density at radius 2 is 1.36 bits per heavy atom. The van der Waals surface area contributed by atoms with E-state index in [9.17, 15) is 0 Å². The van der Waals surface area contributed by atoms with Crippen molar-refractivity contribution in [2.75, 3.05) is 7.05 Å². The first-order valence-electron chi connectivity index (χ1n) is 4.62. The molecule has 1 nitrogen and oxygen atoms in total. The summed E-state index contributed by atoms with van der Waals surface area (Å²) in [6.45, 7) is 0. The summed E-state index contributed by atoms with van der Waals surface area (Å²) in [6.07, 6.45) is 0. The third-order valence-electron chi connectivity index (χ3n) is 5.91. The van der Waals surface area contributed by atoms with E-state index >= 15 is 0 Å². The predicted molar refractivity (Wildman–Crippen MR) is 43.5 cm³/mol. The van der Waals surface area contributed by atoms with Crippen molar-refractivity contribution in [3.63, 3.8) is 0 Å². The molecule has 0 radical (unpaired) electrons. The van der Waals surface area contributed by atoms with Crippen LogP contribution < -0.4 is 5.32 Å². The highest BCUT2D eigenvalue weighted by atomic mass is 35.5. The van der Waals surface area contributed by atoms with Crippen molar-refractivity contribution in [2.24, 2.45) is 41.4 Å². The fraction of sp³-hybridized carbons (Fsp3) is 1.00. The maximum absolute atomic E-state index is 3.59. The maximum atomic E-state index is 3.59. The van der Waals surface area contributed by atoms with Gasteiger partial charge < -0.3 is 5.32 Å². The number of nitrogens with one attached hydrogen (secondary N) is 1. The van der Waals surface area contributed by atoms with Gasteiger partial charge in [0.2, 0.25) is 0 Å². The van der Waals surface area contributed by atoms with Gasteiger partial charge in [-0.3, -0.25) is 0 Å². The Morgan fingerprint density at radius 3 is 1.64 bits per heavy atom. The number of halogens is 1. The second-order valence-electron chi connectivity index (χ2n) is 5.07. The van der Waals surface area contributed by atoms with Crippen molar-refractivity contribution < 1.29 is 0 Å². The molecule has 60 valence electrons. The number of hydrogen-bond acceptors (Lipinski definition) is 1. The van der Waals surface area contributed by atoms with Crippen molar-refractivity contribution in [2.45, 2.75) is 5.54 Å². The van der Waals surface area contributed by atoms with E-state index in [1.54, 1.807) is 0 Å². The number of hydrogen-bond donors (Lipinski definition) is 1. The van der Waals surface area contributed by atoms with E-state index in [0.717, 1.165) is 5.54 Å². The van der Waals surface area contributed by atoms with Crippen LogP contribution in [0.15, 0.2) is 0 Å². The first-order valence-corrected chi connectivity index (χ1v) is 4.62. The third-order valence-corrected chi connectivity index (χ3v) is 5.91. The molecule has 6 rings (SSSR count). The summed E-state index contributed by atoms with van der Waals surface area (Å²) in [5.41, 5.74) is 0.759. The second-order valence-corrected chi connectivity index (χ2v) is 5.07. The van der Waals surface area contributed by atoms with E-state index < -0.39 is 0 Å². The van der Waals surface area contributed by atoms with Crippen LogP contribution >= 0.6 is 12.4 Å². The molecule has 2 heteroatoms. The molecule has 1 N–H and O–H groups in total. The summed E-state index contributed by atoms with van der Waals surface area (Å²) in [5, 5.41) is 3.59. The Hall–Kier alpha value is 0.250. The van der Waals surface area contributed by atoms with Gasteiger partial charge in [0, 0.05) is 5.54 Å². The summed E-state index contributed by atoms with van der Waals surface area (Å²) >= 11 is 0. The van der Waals surface area contributed by atoms with Gasteiger partial charge in [-0.2, -0.15) is 0 Å². The molecule has 6 aliphatic rings. The average molecular weight is 170 g/mol. The molecule has 0 atom stereocenters. The highest BCUT2D eigenvalue weighted by molar-refractivity contribution is 5.85. The SMILES string of the molecule is CNC12C3C4C5C3C1C5C42.Cl. The Bertz CT molecular complexity index is 224. The van der Waals surface area contributed by atoms with Crippen molar-refractivity contribution in [1.82, 2.24) is 5.32 Å². The molecular formula is C9H12ClN. The molecule has 0 aliphatic heterocycles. The van der Waals surface area contributed by atoms with Crippen LogP contribution in [0.3, 0.4) is 0 Å². The van der Waals surface area contributed by atoms with Crippen molar-refractivity contribution >= 4 is 12.4 Å². The monoisotopic (exact) mass is 169 g/mol. The topological polar surface area (TPSA) is 12.0 Å². The summed E-state index contributed by atoms with van der Waals surface area (Å²) in [7, 11) is 2.18. The average Bonchev–Trinajstić information content (AvgIpc) is 2.05. The lowest BCUT2D eigenvalue weighted by atomic mass is 8.98. The van der Waals surface area contributed by atoms with Crippen LogP contribution in [0.1, 0.15) is 0 Å². The van der Waals surface area contributed by atoms with Crippen molar-refractivity contribution in [3.05, 3.63) is 0 Å². The van der Waals surface area contributed by atoms with Gasteiger partial charge in [-0.1, -0.05) is 0 Å². The Labute approximate surface area is 72.3 Å². The van der Waals surface area contributed by atoms with E-state index in [4.69, 9.17) is 0 Å². The minimum absolute atomic E-state index is 0. The first-order chi connectivity index (χ1) is 4.93. The van der Waals surface area contributed by atoms with Gasteiger partial charge in [0.25, 0.3) is 0 Å². The molecule has 0 saturated heterocycles. The lowest BCUT2D eigenvalue weighted by molar-refractivity contribution is -0.579. The standard InChI is InChI=1S/C9H11N.ClH/c1-10-9-6-3-2-4(6)8(9)5(2)7(3)9;/h2-8,10H,1H3;1H. The molecule has 0 heterocycles. The first kappa shape index (κ1) is 5.82. The largest absolute Gasteiger partial charge is 0.313 e. The van der Waals surface area contributed by atoms with Gasteiger partial charge in [0.15, 0.2) is 0 Å². The predicted octanol–water partition coefficient (Wildman–Crippen LogP) is 0.748. The fourth-order valence-corrected chi connectivity index (χ4v) is 5.93. The minimum Gasteiger partial charge on any atom is -0.313 e. The molecule has 11 heavy (non-hydrogen) atoms. The van der Waals surface area contributed by atoms with Crippen LogP contribution in [0.5, 0.6) is 0 Å². The lowest BCUT2D eigenvalue weighted by Gasteiger charge is -3.07. The molecule has 0 aromatic rings. The zero-order valence-corrected chi connectivity index (χ0v) is 7.27. The Morgan fingerprint density at radius 1 is 0.909 bits per heavy atom. The smallest absolute Gasteiger partial charge is 0.0280 e. The molecule has 0 bridgehead atoms. The van der Waals surface area contributed by atoms with Gasteiger partial charge in [-0.05, 0) is 48.5 Å². The van der Waals surface area contributed by atoms with Gasteiger partial charge in [0.1, 0.15) is 0 Å². The second kappa shape index (κ2) is 1.10. The zero-order chi connectivity index (χ0) is 6.25. The fourth-order valence-electron chi connectivity index (χ4n) is 5.93. The van der Waals surface area contributed by atoms with Crippen LogP contribution in [-0.2, 0) is 0 Å². The van der Waals surface area contributed by atoms with Crippen LogP contribution in [0.2, 0.25) is 0 Å². The van der Waals surface area contributed by atoms with Gasteiger partial charge in [-0.15, -0.1) is 12.4 Å². The summed E-state index contributed by atoms with van der Waals surface area (Å²) < 4.78 is 0. The maximum Gasteiger partial charge on any atom is 0.0280 e. The summed E-state index contributed by atoms with van der Waals surface area (Å²) in [4.78, 5) is 0. The van der Waals surface area contributed by atoms with Crippen molar-refractivity contribution in [1.29, 1.82) is 0 Å². The van der Waals surface area contributed by atoms with Crippen LogP contribution in [-0.4, -0.2) is 12.6 Å². The Balaban J connectivity index is 0.000000392. The molecule has 0 aromatic carbocycles. The molecule has 0 unspecified atom stereocenters. The number of rotatable bonds is 1. The van der Waals surface area contributed by atoms with E-state index in [1.165, 1.54) is 41.4 Å². The highest BCUT2D eigenvalue weighted by Crippen LogP contribution is 3.02. The molecule has 0 amide bonds. The molecule has 6 aliphatic carbocycles. The minimum atomic E-state index is 0. The highest BCUT2D eigenvalue weighted by Gasteiger charge is 3.04. The molecule has 6 saturated carbocycles. The van der Waals surface area contributed by atoms with Crippen LogP contribution in [0, 0.1) is 41.4 Å².